The Hall–Kier alpha value is -10.1. The van der Waals surface area contributed by atoms with Gasteiger partial charge < -0.3 is 128 Å². The summed E-state index contributed by atoms with van der Waals surface area (Å²) < 4.78 is 28.1. The SMILES string of the molecule is CC[C@H](C)[C@@H]([C@@H](CC(=O)N1CCC[C@H]1[C@H](OC)[C@@H](C)C(=O)N[C@@H](Cc1ccccc1)C(=O)NCCCOC(=O)C(C)NC(=O)CCNC(=O)OCC(NC(=O)CNC(=O)CNC(=O)CNC(=O)CNC(=O)CCNC(=O)CCOCC(C)(C)C)C(=O)CC(CCC(=O)NC[C@H](O)[C@@H](O)[C@H](O)[C@H](O)CO)C(=O)O)OC)N(C)C(=O)C(NC(=O)[C@H](C(C)C)N(C)C)C(C)C. The van der Waals surface area contributed by atoms with Crippen molar-refractivity contribution in [2.24, 2.45) is 35.0 Å². The van der Waals surface area contributed by atoms with E-state index < -0.39 is 246 Å². The molecule has 18 N–H and O–H groups in total. The number of aliphatic hydroxyl groups is 5. The molecule has 0 aliphatic carbocycles. The van der Waals surface area contributed by atoms with Crippen molar-refractivity contribution in [3.8, 4) is 0 Å². The highest BCUT2D eigenvalue weighted by molar-refractivity contribution is 5.95. The molecular formula is C84H141N15O28. The van der Waals surface area contributed by atoms with Crippen LogP contribution in [0.5, 0.6) is 0 Å². The fraction of sp³-hybridized carbons (Fsp3) is 0.726. The molecule has 43 nitrogen and oxygen atoms in total. The lowest BCUT2D eigenvalue weighted by atomic mass is 9.89. The van der Waals surface area contributed by atoms with Gasteiger partial charge in [-0.1, -0.05) is 106 Å². The van der Waals surface area contributed by atoms with E-state index in [2.05, 4.69) is 63.8 Å². The van der Waals surface area contributed by atoms with Gasteiger partial charge in [-0.25, -0.2) is 9.59 Å². The average Bonchev–Trinajstić information content (AvgIpc) is 1.78. The number of amides is 14. The predicted molar refractivity (Wildman–Crippen MR) is 458 cm³/mol. The molecule has 4 unspecified atom stereocenters. The number of alkyl carbamates (subject to hydrolysis) is 1. The topological polar surface area (TPSA) is 612 Å². The van der Waals surface area contributed by atoms with Crippen molar-refractivity contribution >= 4 is 101 Å². The summed E-state index contributed by atoms with van der Waals surface area (Å²) in [5.74, 6) is -15.0. The van der Waals surface area contributed by atoms with Crippen LogP contribution in [-0.2, 0) is 107 Å². The summed E-state index contributed by atoms with van der Waals surface area (Å²) in [6.45, 7) is 15.1. The van der Waals surface area contributed by atoms with Crippen LogP contribution in [0.25, 0.3) is 0 Å². The summed E-state index contributed by atoms with van der Waals surface area (Å²) in [6, 6.07) is 2.19. The second-order valence-corrected chi connectivity index (χ2v) is 33.6. The van der Waals surface area contributed by atoms with Gasteiger partial charge in [0.2, 0.25) is 76.8 Å². The molecule has 0 aromatic heterocycles. The number of ketones is 1. The molecule has 720 valence electrons. The van der Waals surface area contributed by atoms with Crippen LogP contribution in [0.2, 0.25) is 0 Å². The maximum Gasteiger partial charge on any atom is 0.407 e. The monoisotopic (exact) mass is 1810 g/mol. The Morgan fingerprint density at radius 2 is 1.16 bits per heavy atom. The number of methoxy groups -OCH3 is 2. The average molecular weight is 1810 g/mol. The first-order chi connectivity index (χ1) is 59.7. The smallest absolute Gasteiger partial charge is 0.407 e. The molecule has 1 heterocycles. The molecule has 0 saturated carbocycles. The van der Waals surface area contributed by atoms with Gasteiger partial charge in [-0.15, -0.1) is 0 Å². The number of esters is 1. The van der Waals surface area contributed by atoms with Crippen LogP contribution >= 0.6 is 0 Å². The fourth-order valence-electron chi connectivity index (χ4n) is 13.7. The lowest BCUT2D eigenvalue weighted by Gasteiger charge is -2.41. The molecule has 0 spiro atoms. The van der Waals surface area contributed by atoms with Gasteiger partial charge in [0, 0.05) is 92.5 Å². The van der Waals surface area contributed by atoms with E-state index in [1.165, 1.54) is 21.1 Å². The number of hydrogen-bond acceptors (Lipinski definition) is 28. The van der Waals surface area contributed by atoms with Crippen LogP contribution in [-0.4, -0.2) is 352 Å². The van der Waals surface area contributed by atoms with E-state index in [4.69, 9.17) is 28.8 Å². The van der Waals surface area contributed by atoms with Crippen LogP contribution in [0.1, 0.15) is 152 Å². The molecule has 0 radical (unpaired) electrons. The van der Waals surface area contributed by atoms with Crippen molar-refractivity contribution in [3.63, 3.8) is 0 Å². The largest absolute Gasteiger partial charge is 0.481 e. The highest BCUT2D eigenvalue weighted by Crippen LogP contribution is 2.30. The van der Waals surface area contributed by atoms with Crippen LogP contribution in [0.15, 0.2) is 30.3 Å². The molecular weight excluding hydrogens is 1670 g/mol. The second kappa shape index (κ2) is 59.1. The van der Waals surface area contributed by atoms with Gasteiger partial charge in [-0.2, -0.15) is 0 Å². The molecule has 0 bridgehead atoms. The number of carbonyl (C=O) groups excluding carboxylic acids is 16. The number of carboxylic acid groups (broad SMARTS) is 1. The summed E-state index contributed by atoms with van der Waals surface area (Å²) in [6.07, 6.45) is -11.6. The van der Waals surface area contributed by atoms with Gasteiger partial charge >= 0.3 is 18.0 Å². The number of likely N-dealkylation sites (N-methyl/N-ethyl adjacent to an activating group) is 2. The van der Waals surface area contributed by atoms with Crippen LogP contribution in [0.3, 0.4) is 0 Å². The maximum absolute atomic E-state index is 14.6. The van der Waals surface area contributed by atoms with E-state index in [0.29, 0.717) is 32.4 Å². The number of hydrogen-bond donors (Lipinski definition) is 18. The highest BCUT2D eigenvalue weighted by Gasteiger charge is 2.45. The fourth-order valence-corrected chi connectivity index (χ4v) is 13.7. The Labute approximate surface area is 742 Å². The first-order valence-electron chi connectivity index (χ1n) is 42.9. The minimum atomic E-state index is -2.04. The number of carbonyl (C=O) groups is 17. The first kappa shape index (κ1) is 113. The normalized spacial score (nSPS) is 16.2. The lowest BCUT2D eigenvalue weighted by Crippen LogP contribution is -2.59. The Kier molecular flexibility index (Phi) is 52.5. The van der Waals surface area contributed by atoms with E-state index in [1.807, 2.05) is 81.3 Å². The number of nitrogens with zero attached hydrogens (tertiary/aromatic N) is 3. The minimum absolute atomic E-state index is 0.0184. The number of aliphatic carboxylic acids is 1. The number of rotatable bonds is 61. The van der Waals surface area contributed by atoms with Gasteiger partial charge in [-0.05, 0) is 75.4 Å². The number of carboxylic acids is 1. The summed E-state index contributed by atoms with van der Waals surface area (Å²) in [4.78, 5) is 229. The van der Waals surface area contributed by atoms with Gasteiger partial charge in [0.25, 0.3) is 0 Å². The number of ether oxygens (including phenoxy) is 5. The molecule has 1 aromatic rings. The summed E-state index contributed by atoms with van der Waals surface area (Å²) in [5.41, 5.74) is 0.638. The quantitative estimate of drug-likeness (QED) is 0.0218. The Morgan fingerprint density at radius 1 is 0.583 bits per heavy atom. The van der Waals surface area contributed by atoms with Crippen LogP contribution in [0, 0.1) is 35.0 Å². The zero-order valence-corrected chi connectivity index (χ0v) is 76.2. The molecule has 1 aromatic carbocycles. The van der Waals surface area contributed by atoms with E-state index in [0.717, 1.165) is 5.56 Å². The summed E-state index contributed by atoms with van der Waals surface area (Å²) in [7, 11) is 8.22. The predicted octanol–water partition coefficient (Wildman–Crippen LogP) is -4.07. The van der Waals surface area contributed by atoms with Gasteiger partial charge in [0.05, 0.1) is 107 Å². The van der Waals surface area contributed by atoms with Crippen molar-refractivity contribution < 1.29 is 136 Å². The molecule has 2 rings (SSSR count). The standard InChI is InChI=1S/C84H141N15O28/c1-17-50(6)73(98(14)80(118)71(48(2)3)96-79(117)72(49(4)5)97(12)13)61(123-15)39-70(112)99-34-21-25-57(99)76(124-16)51(7)77(115)95-55(37-53-23-19-18-20-24-53)78(116)86-31-22-35-126-82(121)52(8)93-65(107)29-33-87-83(122)127-46-56(58(101)38-54(81(119)120)26-27-62(104)88-40-59(102)74(113)75(114)60(103)45-100)94-69(111)44-92-68(110)43-91-67(109)42-90-66(108)41-89-63(105)28-32-85-64(106)30-36-125-47-84(9,10)11/h18-20,23-24,48-52,54-57,59-61,71-76,100,102-103,113-114H,17,21-22,25-47H2,1-16H3,(H,85,106)(H,86,116)(H,87,122)(H,88,104)(H,89,105)(H,90,108)(H,91,109)(H,92,110)(H,93,107)(H,94,111)(H,95,115)(H,96,117)(H,119,120)/t50-,51+,52?,54?,55-,56?,57-,59-,60+,61+,71?,72-,73-,74+,75+,76+/m0/s1. The van der Waals surface area contributed by atoms with Crippen LogP contribution in [0.4, 0.5) is 4.79 Å². The van der Waals surface area contributed by atoms with Gasteiger partial charge in [0.15, 0.2) is 5.78 Å². The highest BCUT2D eigenvalue weighted by atomic mass is 16.6. The maximum atomic E-state index is 14.6. The van der Waals surface area contributed by atoms with Crippen molar-refractivity contribution in [2.75, 3.05) is 127 Å². The lowest BCUT2D eigenvalue weighted by molar-refractivity contribution is -0.148. The zero-order chi connectivity index (χ0) is 96.0. The second-order valence-electron chi connectivity index (χ2n) is 33.6. The Morgan fingerprint density at radius 3 is 1.72 bits per heavy atom. The van der Waals surface area contributed by atoms with E-state index in [-0.39, 0.29) is 105 Å². The Balaban J connectivity index is 2.07. The third-order valence-corrected chi connectivity index (χ3v) is 21.0. The number of Topliss-reactive ketones (excluding diaryl/α,β-unsaturated/α-hetero) is 1. The molecule has 1 saturated heterocycles. The number of nitrogens with one attached hydrogen (secondary N) is 12. The molecule has 43 heteroatoms. The molecule has 1 aliphatic rings. The minimum Gasteiger partial charge on any atom is -0.481 e. The van der Waals surface area contributed by atoms with Crippen molar-refractivity contribution in [1.82, 2.24) is 78.5 Å². The first-order valence-corrected chi connectivity index (χ1v) is 42.9. The van der Waals surface area contributed by atoms with E-state index in [1.54, 1.807) is 54.1 Å². The third kappa shape index (κ3) is 43.0. The Bertz CT molecular complexity index is 3700. The zero-order valence-electron chi connectivity index (χ0n) is 76.2. The number of likely N-dealkylation sites (tertiary alicyclic amines) is 1. The van der Waals surface area contributed by atoms with Gasteiger partial charge in [-0.3, -0.25) is 76.8 Å². The molecule has 1 aliphatic heterocycles. The van der Waals surface area contributed by atoms with Crippen molar-refractivity contribution in [3.05, 3.63) is 35.9 Å². The van der Waals surface area contributed by atoms with Crippen molar-refractivity contribution in [1.29, 1.82) is 0 Å². The van der Waals surface area contributed by atoms with Crippen molar-refractivity contribution in [2.45, 2.75) is 232 Å². The van der Waals surface area contributed by atoms with Gasteiger partial charge in [0.1, 0.15) is 49.1 Å². The van der Waals surface area contributed by atoms with E-state index in [9.17, 15) is 107 Å². The molecule has 127 heavy (non-hydrogen) atoms. The third-order valence-electron chi connectivity index (χ3n) is 21.0. The molecule has 14 amide bonds. The van der Waals surface area contributed by atoms with E-state index >= 15 is 0 Å². The molecule has 16 atom stereocenters. The number of benzene rings is 1. The summed E-state index contributed by atoms with van der Waals surface area (Å²) >= 11 is 0. The summed E-state index contributed by atoms with van der Waals surface area (Å²) in [5, 5.41) is 88.0. The van der Waals surface area contributed by atoms with Crippen LogP contribution < -0.4 is 63.8 Å². The molecule has 1 fully saturated rings. The number of aliphatic hydroxyl groups excluding tert-OH is 5.